The molecule has 1 aromatic heterocycles. The van der Waals surface area contributed by atoms with Gasteiger partial charge in [0.2, 0.25) is 15.9 Å². The van der Waals surface area contributed by atoms with Crippen LogP contribution in [0, 0.1) is 0 Å². The van der Waals surface area contributed by atoms with Crippen molar-refractivity contribution in [1.29, 1.82) is 0 Å². The molecule has 0 aromatic carbocycles. The van der Waals surface area contributed by atoms with Gasteiger partial charge in [-0.15, -0.1) is 0 Å². The number of halogens is 2. The third-order valence-corrected chi connectivity index (χ3v) is 6.03. The molecule has 3 rings (SSSR count). The molecule has 2 saturated heterocycles. The van der Waals surface area contributed by atoms with Crippen molar-refractivity contribution in [2.75, 3.05) is 33.3 Å². The molecule has 1 spiro atoms. The highest BCUT2D eigenvalue weighted by molar-refractivity contribution is 7.89. The van der Waals surface area contributed by atoms with E-state index in [1.807, 2.05) is 0 Å². The molecule has 132 valence electrons. The predicted octanol–water partition coefficient (Wildman–Crippen LogP) is 0.124. The second-order valence-corrected chi connectivity index (χ2v) is 7.63. The molecular weight excluding hydrogens is 346 g/mol. The molecule has 2 aliphatic heterocycles. The number of urea groups is 1. The molecule has 8 nitrogen and oxygen atoms in total. The summed E-state index contributed by atoms with van der Waals surface area (Å²) in [6.07, 6.45) is -1.47. The molecule has 0 radical (unpaired) electrons. The maximum absolute atomic E-state index is 12.7. The van der Waals surface area contributed by atoms with Gasteiger partial charge in [-0.05, 0) is 12.1 Å². The zero-order valence-corrected chi connectivity index (χ0v) is 13.6. The van der Waals surface area contributed by atoms with E-state index in [2.05, 4.69) is 10.3 Å². The van der Waals surface area contributed by atoms with Crippen LogP contribution in [0.5, 0.6) is 5.88 Å². The van der Waals surface area contributed by atoms with E-state index in [-0.39, 0.29) is 29.9 Å². The Balaban J connectivity index is 1.79. The number of hydrogen-bond donors (Lipinski definition) is 1. The molecule has 24 heavy (non-hydrogen) atoms. The summed E-state index contributed by atoms with van der Waals surface area (Å²) in [6.45, 7) is -0.345. The zero-order chi connectivity index (χ0) is 17.5. The highest BCUT2D eigenvalue weighted by atomic mass is 32.2. The summed E-state index contributed by atoms with van der Waals surface area (Å²) in [7, 11) is -2.35. The van der Waals surface area contributed by atoms with E-state index in [1.54, 1.807) is 7.05 Å². The van der Waals surface area contributed by atoms with Crippen LogP contribution in [0.25, 0.3) is 0 Å². The maximum atomic E-state index is 12.7. The number of aromatic nitrogens is 1. The van der Waals surface area contributed by atoms with E-state index < -0.39 is 28.6 Å². The lowest BCUT2D eigenvalue weighted by Gasteiger charge is -2.49. The second kappa shape index (κ2) is 5.81. The molecule has 0 unspecified atom stereocenters. The summed E-state index contributed by atoms with van der Waals surface area (Å²) in [5.41, 5.74) is -0.573. The number of sulfonamides is 1. The number of amides is 2. The lowest BCUT2D eigenvalue weighted by Crippen LogP contribution is -2.69. The Labute approximate surface area is 137 Å². The molecule has 0 aliphatic carbocycles. The van der Waals surface area contributed by atoms with Crippen molar-refractivity contribution >= 4 is 16.1 Å². The number of ether oxygens (including phenoxy) is 1. The molecule has 1 N–H and O–H groups in total. The minimum absolute atomic E-state index is 0.119. The minimum Gasteiger partial charge on any atom is -0.471 e. The van der Waals surface area contributed by atoms with Gasteiger partial charge in [-0.25, -0.2) is 27.0 Å². The van der Waals surface area contributed by atoms with Crippen LogP contribution in [0.3, 0.4) is 0 Å². The van der Waals surface area contributed by atoms with Crippen LogP contribution < -0.4 is 10.1 Å². The van der Waals surface area contributed by atoms with Crippen LogP contribution in [0.2, 0.25) is 0 Å². The Kier molecular flexibility index (Phi) is 4.08. The van der Waals surface area contributed by atoms with E-state index in [0.717, 1.165) is 0 Å². The standard InChI is InChI=1S/C13H16F2N4O4S/c1-18-12(20)17-6-13(18)7-19(8-13)24(21,22)9-3-2-4-16-11(9)23-5-10(14)15/h2-4,10H,5-8H2,1H3,(H,17,20). The number of nitrogens with one attached hydrogen (secondary N) is 1. The molecule has 0 atom stereocenters. The molecular formula is C13H16F2N4O4S. The molecule has 0 saturated carbocycles. The lowest BCUT2D eigenvalue weighted by atomic mass is 9.92. The summed E-state index contributed by atoms with van der Waals surface area (Å²) in [5.74, 6) is -0.354. The number of pyridine rings is 1. The highest BCUT2D eigenvalue weighted by Crippen LogP contribution is 2.36. The fraction of sp³-hybridized carbons (Fsp3) is 0.538. The normalized spacial score (nSPS) is 20.3. The third-order valence-electron chi connectivity index (χ3n) is 4.23. The SMILES string of the molecule is CN1C(=O)NCC12CN(S(=O)(=O)c1cccnc1OCC(F)F)C2. The van der Waals surface area contributed by atoms with Gasteiger partial charge >= 0.3 is 6.03 Å². The fourth-order valence-electron chi connectivity index (χ4n) is 2.76. The van der Waals surface area contributed by atoms with Gasteiger partial charge < -0.3 is 15.0 Å². The fourth-order valence-corrected chi connectivity index (χ4v) is 4.44. The molecule has 2 fully saturated rings. The van der Waals surface area contributed by atoms with Gasteiger partial charge in [0.1, 0.15) is 4.90 Å². The number of rotatable bonds is 5. The highest BCUT2D eigenvalue weighted by Gasteiger charge is 2.56. The summed E-state index contributed by atoms with van der Waals surface area (Å²) in [6, 6.07) is 2.40. The van der Waals surface area contributed by atoms with Crippen molar-refractivity contribution in [3.63, 3.8) is 0 Å². The van der Waals surface area contributed by atoms with Crippen molar-refractivity contribution in [2.45, 2.75) is 16.9 Å². The largest absolute Gasteiger partial charge is 0.471 e. The van der Waals surface area contributed by atoms with E-state index in [4.69, 9.17) is 4.74 Å². The van der Waals surface area contributed by atoms with Crippen LogP contribution in [0.4, 0.5) is 13.6 Å². The number of nitrogens with zero attached hydrogens (tertiary/aromatic N) is 3. The summed E-state index contributed by atoms with van der Waals surface area (Å²) < 4.78 is 56.0. The topological polar surface area (TPSA) is 91.8 Å². The van der Waals surface area contributed by atoms with Crippen molar-refractivity contribution in [3.05, 3.63) is 18.3 Å². The summed E-state index contributed by atoms with van der Waals surface area (Å²) in [4.78, 5) is 16.5. The number of likely N-dealkylation sites (N-methyl/N-ethyl adjacent to an activating group) is 1. The number of carbonyl (C=O) groups is 1. The van der Waals surface area contributed by atoms with Crippen molar-refractivity contribution in [1.82, 2.24) is 19.5 Å². The second-order valence-electron chi connectivity index (χ2n) is 5.72. The zero-order valence-electron chi connectivity index (χ0n) is 12.8. The molecule has 2 aliphatic rings. The van der Waals surface area contributed by atoms with Gasteiger partial charge in [-0.3, -0.25) is 0 Å². The molecule has 2 amide bonds. The van der Waals surface area contributed by atoms with Crippen molar-refractivity contribution < 1.29 is 26.7 Å². The maximum Gasteiger partial charge on any atom is 0.317 e. The van der Waals surface area contributed by atoms with Gasteiger partial charge in [0, 0.05) is 32.9 Å². The predicted molar refractivity (Wildman–Crippen MR) is 78.4 cm³/mol. The first kappa shape index (κ1) is 16.8. The van der Waals surface area contributed by atoms with E-state index in [1.165, 1.54) is 27.5 Å². The number of alkyl halides is 2. The van der Waals surface area contributed by atoms with Gasteiger partial charge in [0.15, 0.2) is 6.61 Å². The van der Waals surface area contributed by atoms with Crippen molar-refractivity contribution in [3.8, 4) is 5.88 Å². The number of hydrogen-bond acceptors (Lipinski definition) is 5. The monoisotopic (exact) mass is 362 g/mol. The van der Waals surface area contributed by atoms with Gasteiger partial charge in [-0.2, -0.15) is 4.31 Å². The summed E-state index contributed by atoms with van der Waals surface area (Å²) in [5, 5.41) is 2.66. The first-order chi connectivity index (χ1) is 11.3. The van der Waals surface area contributed by atoms with Gasteiger partial charge in [0.25, 0.3) is 6.43 Å². The smallest absolute Gasteiger partial charge is 0.317 e. The Morgan fingerprint density at radius 1 is 1.46 bits per heavy atom. The van der Waals surface area contributed by atoms with Crippen molar-refractivity contribution in [2.24, 2.45) is 0 Å². The Morgan fingerprint density at radius 3 is 2.75 bits per heavy atom. The first-order valence-corrected chi connectivity index (χ1v) is 8.58. The lowest BCUT2D eigenvalue weighted by molar-refractivity contribution is 0.0617. The van der Waals surface area contributed by atoms with Crippen LogP contribution in [0.15, 0.2) is 23.2 Å². The minimum atomic E-state index is -3.95. The van der Waals surface area contributed by atoms with Gasteiger partial charge in [0.05, 0.1) is 5.54 Å². The van der Waals surface area contributed by atoms with E-state index in [9.17, 15) is 22.0 Å². The van der Waals surface area contributed by atoms with E-state index >= 15 is 0 Å². The average Bonchev–Trinajstić information content (AvgIpc) is 2.80. The van der Waals surface area contributed by atoms with Crippen LogP contribution in [0.1, 0.15) is 0 Å². The quantitative estimate of drug-likeness (QED) is 0.804. The first-order valence-electron chi connectivity index (χ1n) is 7.14. The Bertz CT molecular complexity index is 752. The Hall–Kier alpha value is -2.01. The molecule has 1 aromatic rings. The van der Waals surface area contributed by atoms with E-state index in [0.29, 0.717) is 6.54 Å². The molecule has 0 bridgehead atoms. The average molecular weight is 362 g/mol. The number of carbonyl (C=O) groups excluding carboxylic acids is 1. The third kappa shape index (κ3) is 2.67. The Morgan fingerprint density at radius 2 is 2.17 bits per heavy atom. The summed E-state index contributed by atoms with van der Waals surface area (Å²) >= 11 is 0. The van der Waals surface area contributed by atoms with Crippen LogP contribution in [-0.4, -0.2) is 73.9 Å². The molecule has 3 heterocycles. The molecule has 11 heteroatoms. The van der Waals surface area contributed by atoms with Crippen LogP contribution in [-0.2, 0) is 10.0 Å². The van der Waals surface area contributed by atoms with Gasteiger partial charge in [-0.1, -0.05) is 0 Å². The van der Waals surface area contributed by atoms with Crippen LogP contribution >= 0.6 is 0 Å².